The van der Waals surface area contributed by atoms with Crippen molar-refractivity contribution in [3.05, 3.63) is 86.4 Å². The number of anilines is 2. The van der Waals surface area contributed by atoms with Crippen LogP contribution in [0.5, 0.6) is 0 Å². The Morgan fingerprint density at radius 1 is 1.06 bits per heavy atom. The number of carbonyl (C=O) groups is 2. The molecule has 2 aromatic heterocycles. The number of aryl methyl sites for hydroxylation is 1. The van der Waals surface area contributed by atoms with Crippen LogP contribution in [-0.2, 0) is 17.9 Å². The van der Waals surface area contributed by atoms with E-state index in [2.05, 4.69) is 15.6 Å². The Morgan fingerprint density at radius 3 is 2.49 bits per heavy atom. The topological polar surface area (TPSA) is 148 Å². The normalized spacial score (nSPS) is 10.9. The van der Waals surface area contributed by atoms with Gasteiger partial charge in [0, 0.05) is 24.7 Å². The highest BCUT2D eigenvalue weighted by atomic mass is 16.4. The van der Waals surface area contributed by atoms with Crippen molar-refractivity contribution in [1.82, 2.24) is 19.4 Å². The van der Waals surface area contributed by atoms with E-state index in [1.54, 1.807) is 24.3 Å². The van der Waals surface area contributed by atoms with Crippen LogP contribution in [0.1, 0.15) is 28.1 Å². The quantitative estimate of drug-likeness (QED) is 0.349. The van der Waals surface area contributed by atoms with Gasteiger partial charge in [-0.05, 0) is 36.8 Å². The lowest BCUT2D eigenvalue weighted by Gasteiger charge is -2.15. The van der Waals surface area contributed by atoms with E-state index in [1.165, 1.54) is 11.6 Å². The number of furan rings is 1. The predicted molar refractivity (Wildman–Crippen MR) is 128 cm³/mol. The SMILES string of the molecule is CNC(=O)c1cc2cc(Nc3nc(=O)n(CCC(=O)O)c(=O)n3Cc3ccc(C)cc3)ccc2o1. The molecule has 0 fully saturated rings. The molecule has 4 rings (SSSR count). The number of amides is 1. The van der Waals surface area contributed by atoms with Crippen molar-refractivity contribution in [2.75, 3.05) is 12.4 Å². The van der Waals surface area contributed by atoms with E-state index in [1.807, 2.05) is 31.2 Å². The van der Waals surface area contributed by atoms with E-state index in [0.29, 0.717) is 16.7 Å². The molecule has 0 aliphatic carbocycles. The van der Waals surface area contributed by atoms with Crippen LogP contribution in [0, 0.1) is 6.92 Å². The first-order chi connectivity index (χ1) is 16.7. The summed E-state index contributed by atoms with van der Waals surface area (Å²) in [4.78, 5) is 52.7. The summed E-state index contributed by atoms with van der Waals surface area (Å²) in [7, 11) is 1.50. The lowest BCUT2D eigenvalue weighted by molar-refractivity contribution is -0.137. The third kappa shape index (κ3) is 5.13. The number of hydrogen-bond donors (Lipinski definition) is 3. The number of aromatic nitrogens is 3. The van der Waals surface area contributed by atoms with E-state index >= 15 is 0 Å². The highest BCUT2D eigenvalue weighted by Gasteiger charge is 2.16. The molecule has 1 amide bonds. The van der Waals surface area contributed by atoms with E-state index in [4.69, 9.17) is 9.52 Å². The van der Waals surface area contributed by atoms with Crippen LogP contribution in [0.4, 0.5) is 11.6 Å². The lowest BCUT2D eigenvalue weighted by Crippen LogP contribution is -2.43. The average Bonchev–Trinajstić information content (AvgIpc) is 3.25. The van der Waals surface area contributed by atoms with Crippen molar-refractivity contribution in [2.24, 2.45) is 0 Å². The van der Waals surface area contributed by atoms with Crippen molar-refractivity contribution in [1.29, 1.82) is 0 Å². The minimum atomic E-state index is -1.13. The van der Waals surface area contributed by atoms with Gasteiger partial charge in [0.2, 0.25) is 5.95 Å². The van der Waals surface area contributed by atoms with Gasteiger partial charge in [-0.2, -0.15) is 4.98 Å². The zero-order valence-corrected chi connectivity index (χ0v) is 19.1. The fourth-order valence-corrected chi connectivity index (χ4v) is 3.53. The second-order valence-corrected chi connectivity index (χ2v) is 7.94. The first-order valence-electron chi connectivity index (χ1n) is 10.8. The van der Waals surface area contributed by atoms with Gasteiger partial charge in [-0.25, -0.2) is 14.2 Å². The van der Waals surface area contributed by atoms with Crippen molar-refractivity contribution >= 4 is 34.5 Å². The molecule has 0 aliphatic rings. The first kappa shape index (κ1) is 23.5. The molecule has 0 saturated carbocycles. The van der Waals surface area contributed by atoms with Crippen LogP contribution in [0.2, 0.25) is 0 Å². The summed E-state index contributed by atoms with van der Waals surface area (Å²) >= 11 is 0. The number of carboxylic acids is 1. The summed E-state index contributed by atoms with van der Waals surface area (Å²) in [6.07, 6.45) is -0.390. The van der Waals surface area contributed by atoms with Gasteiger partial charge < -0.3 is 20.2 Å². The molecule has 0 atom stereocenters. The molecular weight excluding hydrogens is 454 g/mol. The van der Waals surface area contributed by atoms with Gasteiger partial charge in [-0.3, -0.25) is 14.2 Å². The minimum Gasteiger partial charge on any atom is -0.481 e. The molecule has 2 heterocycles. The summed E-state index contributed by atoms with van der Waals surface area (Å²) in [5, 5.41) is 15.1. The fourth-order valence-electron chi connectivity index (χ4n) is 3.53. The number of nitrogens with zero attached hydrogens (tertiary/aromatic N) is 3. The molecule has 2 aromatic carbocycles. The van der Waals surface area contributed by atoms with Crippen LogP contribution in [-0.4, -0.2) is 38.1 Å². The number of benzene rings is 2. The van der Waals surface area contributed by atoms with Crippen LogP contribution < -0.4 is 22.0 Å². The molecule has 0 spiro atoms. The third-order valence-corrected chi connectivity index (χ3v) is 5.38. The molecule has 0 unspecified atom stereocenters. The maximum atomic E-state index is 13.2. The predicted octanol–water partition coefficient (Wildman–Crippen LogP) is 2.09. The minimum absolute atomic E-state index is 0.00141. The van der Waals surface area contributed by atoms with Crippen molar-refractivity contribution in [2.45, 2.75) is 26.4 Å². The highest BCUT2D eigenvalue weighted by molar-refractivity contribution is 5.96. The molecule has 0 aliphatic heterocycles. The summed E-state index contributed by atoms with van der Waals surface area (Å²) in [5.41, 5.74) is 1.31. The Bertz CT molecular complexity index is 1530. The van der Waals surface area contributed by atoms with E-state index < -0.39 is 17.3 Å². The largest absolute Gasteiger partial charge is 0.481 e. The van der Waals surface area contributed by atoms with Gasteiger partial charge in [-0.1, -0.05) is 29.8 Å². The standard InChI is InChI=1S/C24H23N5O6/c1-14-3-5-15(6-4-14)13-29-22(27-23(33)28(24(29)34)10-9-20(30)31)26-17-7-8-18-16(11-17)12-19(35-18)21(32)25-2/h3-8,11-12H,9-10,13H2,1-2H3,(H,25,32)(H,30,31)(H,26,27,33). The number of carbonyl (C=O) groups excluding carboxylic acids is 1. The maximum Gasteiger partial charge on any atom is 0.354 e. The van der Waals surface area contributed by atoms with Gasteiger partial charge in [0.1, 0.15) is 5.58 Å². The molecular formula is C24H23N5O6. The number of rotatable bonds is 8. The molecule has 11 heteroatoms. The number of carboxylic acid groups (broad SMARTS) is 1. The number of nitrogens with one attached hydrogen (secondary N) is 2. The lowest BCUT2D eigenvalue weighted by atomic mass is 10.1. The van der Waals surface area contributed by atoms with E-state index in [0.717, 1.165) is 15.7 Å². The van der Waals surface area contributed by atoms with Crippen LogP contribution in [0.15, 0.2) is 62.5 Å². The van der Waals surface area contributed by atoms with Gasteiger partial charge in [0.05, 0.1) is 13.0 Å². The average molecular weight is 477 g/mol. The van der Waals surface area contributed by atoms with E-state index in [-0.39, 0.29) is 37.1 Å². The Hall–Kier alpha value is -4.67. The van der Waals surface area contributed by atoms with Gasteiger partial charge in [-0.15, -0.1) is 0 Å². The first-order valence-corrected chi connectivity index (χ1v) is 10.8. The number of fused-ring (bicyclic) bond motifs is 1. The fraction of sp³-hybridized carbons (Fsp3) is 0.208. The monoisotopic (exact) mass is 477 g/mol. The third-order valence-electron chi connectivity index (χ3n) is 5.38. The van der Waals surface area contributed by atoms with Gasteiger partial charge >= 0.3 is 17.3 Å². The summed E-state index contributed by atoms with van der Waals surface area (Å²) in [5.74, 6) is -1.35. The molecule has 4 aromatic rings. The number of hydrogen-bond acceptors (Lipinski definition) is 7. The van der Waals surface area contributed by atoms with Crippen LogP contribution >= 0.6 is 0 Å². The molecule has 0 radical (unpaired) electrons. The molecule has 3 N–H and O–H groups in total. The smallest absolute Gasteiger partial charge is 0.354 e. The van der Waals surface area contributed by atoms with Crippen molar-refractivity contribution in [3.8, 4) is 0 Å². The van der Waals surface area contributed by atoms with Crippen molar-refractivity contribution in [3.63, 3.8) is 0 Å². The Labute approximate surface area is 198 Å². The summed E-state index contributed by atoms with van der Waals surface area (Å²) in [6, 6.07) is 14.1. The van der Waals surface area contributed by atoms with Crippen molar-refractivity contribution < 1.29 is 19.1 Å². The van der Waals surface area contributed by atoms with E-state index in [9.17, 15) is 19.2 Å². The highest BCUT2D eigenvalue weighted by Crippen LogP contribution is 2.24. The zero-order valence-electron chi connectivity index (χ0n) is 19.1. The molecule has 0 saturated heterocycles. The molecule has 180 valence electrons. The Morgan fingerprint density at radius 2 is 1.80 bits per heavy atom. The summed E-state index contributed by atoms with van der Waals surface area (Å²) < 4.78 is 7.62. The number of aliphatic carboxylic acids is 1. The second-order valence-electron chi connectivity index (χ2n) is 7.94. The van der Waals surface area contributed by atoms with Crippen LogP contribution in [0.25, 0.3) is 11.0 Å². The molecule has 0 bridgehead atoms. The second kappa shape index (κ2) is 9.67. The molecule has 35 heavy (non-hydrogen) atoms. The Kier molecular flexibility index (Phi) is 6.49. The zero-order chi connectivity index (χ0) is 25.1. The molecule has 11 nitrogen and oxygen atoms in total. The van der Waals surface area contributed by atoms with Gasteiger partial charge in [0.15, 0.2) is 5.76 Å². The van der Waals surface area contributed by atoms with Gasteiger partial charge in [0.25, 0.3) is 5.91 Å². The Balaban J connectivity index is 1.75. The van der Waals surface area contributed by atoms with Crippen LogP contribution in [0.3, 0.4) is 0 Å². The summed E-state index contributed by atoms with van der Waals surface area (Å²) in [6.45, 7) is 1.76. The maximum absolute atomic E-state index is 13.2.